The van der Waals surface area contributed by atoms with Crippen molar-refractivity contribution >= 4 is 17.3 Å². The number of aliphatic hydroxyl groups is 1. The van der Waals surface area contributed by atoms with Crippen molar-refractivity contribution in [2.24, 2.45) is 0 Å². The van der Waals surface area contributed by atoms with E-state index < -0.39 is 5.60 Å². The third-order valence-electron chi connectivity index (χ3n) is 4.15. The second kappa shape index (κ2) is 5.12. The van der Waals surface area contributed by atoms with Crippen molar-refractivity contribution < 1.29 is 5.11 Å². The minimum absolute atomic E-state index is 0.0442. The minimum atomic E-state index is -0.994. The molecule has 1 heterocycles. The molecule has 2 N–H and O–H groups in total. The van der Waals surface area contributed by atoms with Crippen molar-refractivity contribution in [1.82, 2.24) is 0 Å². The summed E-state index contributed by atoms with van der Waals surface area (Å²) in [6.45, 7) is 1.83. The monoisotopic (exact) mass is 287 g/mol. The summed E-state index contributed by atoms with van der Waals surface area (Å²) in [5.74, 6) is 0. The summed E-state index contributed by atoms with van der Waals surface area (Å²) in [6.07, 6.45) is 1.85. The van der Waals surface area contributed by atoms with Crippen LogP contribution in [0.25, 0.3) is 0 Å². The molecule has 2 atom stereocenters. The van der Waals surface area contributed by atoms with Gasteiger partial charge < -0.3 is 10.4 Å². The van der Waals surface area contributed by atoms with Gasteiger partial charge in [-0.1, -0.05) is 48.0 Å². The predicted molar refractivity (Wildman–Crippen MR) is 83.2 cm³/mol. The molecule has 2 aromatic carbocycles. The molecule has 0 aliphatic carbocycles. The maximum atomic E-state index is 11.0. The molecule has 0 radical (unpaired) electrons. The van der Waals surface area contributed by atoms with Crippen LogP contribution in [-0.2, 0) is 12.0 Å². The van der Waals surface area contributed by atoms with Gasteiger partial charge in [0, 0.05) is 16.3 Å². The summed E-state index contributed by atoms with van der Waals surface area (Å²) in [4.78, 5) is 0. The number of anilines is 1. The van der Waals surface area contributed by atoms with E-state index in [-0.39, 0.29) is 6.04 Å². The standard InChI is InChI=1S/C17H18ClNO/c1-17(20,13-7-3-4-8-14(13)18)16-11-10-12-6-2-5-9-15(12)19-16/h2-9,16,19-20H,10-11H2,1H3. The Labute approximate surface area is 124 Å². The lowest BCUT2D eigenvalue weighted by molar-refractivity contribution is 0.0323. The Morgan fingerprint density at radius 2 is 1.85 bits per heavy atom. The molecular formula is C17H18ClNO. The van der Waals surface area contributed by atoms with Gasteiger partial charge in [0.05, 0.1) is 6.04 Å². The van der Waals surface area contributed by atoms with Crippen LogP contribution in [0.2, 0.25) is 5.02 Å². The highest BCUT2D eigenvalue weighted by Gasteiger charge is 2.37. The fourth-order valence-corrected chi connectivity index (χ4v) is 3.25. The Kier molecular flexibility index (Phi) is 3.45. The minimum Gasteiger partial charge on any atom is -0.383 e. The van der Waals surface area contributed by atoms with Crippen LogP contribution in [-0.4, -0.2) is 11.1 Å². The summed E-state index contributed by atoms with van der Waals surface area (Å²) in [6, 6.07) is 15.7. The van der Waals surface area contributed by atoms with Crippen molar-refractivity contribution in [3.63, 3.8) is 0 Å². The quantitative estimate of drug-likeness (QED) is 0.876. The average molecular weight is 288 g/mol. The number of fused-ring (bicyclic) bond motifs is 1. The van der Waals surface area contributed by atoms with Gasteiger partial charge in [-0.05, 0) is 37.5 Å². The largest absolute Gasteiger partial charge is 0.383 e. The van der Waals surface area contributed by atoms with Gasteiger partial charge in [0.15, 0.2) is 0 Å². The molecule has 2 unspecified atom stereocenters. The molecule has 0 fully saturated rings. The van der Waals surface area contributed by atoms with E-state index in [1.54, 1.807) is 0 Å². The zero-order chi connectivity index (χ0) is 14.2. The number of rotatable bonds is 2. The molecule has 2 nitrogen and oxygen atoms in total. The maximum Gasteiger partial charge on any atom is 0.108 e. The first-order valence-electron chi connectivity index (χ1n) is 6.91. The van der Waals surface area contributed by atoms with E-state index in [1.165, 1.54) is 5.56 Å². The average Bonchev–Trinajstić information content (AvgIpc) is 2.47. The van der Waals surface area contributed by atoms with Gasteiger partial charge in [-0.25, -0.2) is 0 Å². The zero-order valence-electron chi connectivity index (χ0n) is 11.4. The van der Waals surface area contributed by atoms with Gasteiger partial charge in [0.1, 0.15) is 5.60 Å². The Morgan fingerprint density at radius 3 is 2.65 bits per heavy atom. The second-order valence-electron chi connectivity index (χ2n) is 5.52. The molecule has 0 spiro atoms. The lowest BCUT2D eigenvalue weighted by Crippen LogP contribution is -2.44. The van der Waals surface area contributed by atoms with Crippen LogP contribution >= 0.6 is 11.6 Å². The Bertz CT molecular complexity index is 624. The first kappa shape index (κ1) is 13.5. The van der Waals surface area contributed by atoms with E-state index in [2.05, 4.69) is 17.4 Å². The van der Waals surface area contributed by atoms with Gasteiger partial charge in [-0.2, -0.15) is 0 Å². The fraction of sp³-hybridized carbons (Fsp3) is 0.294. The zero-order valence-corrected chi connectivity index (χ0v) is 12.2. The molecule has 0 saturated carbocycles. The van der Waals surface area contributed by atoms with E-state index in [0.717, 1.165) is 24.1 Å². The van der Waals surface area contributed by atoms with Crippen LogP contribution in [0.3, 0.4) is 0 Å². The highest BCUT2D eigenvalue weighted by atomic mass is 35.5. The first-order valence-corrected chi connectivity index (χ1v) is 7.28. The topological polar surface area (TPSA) is 32.3 Å². The van der Waals surface area contributed by atoms with Crippen LogP contribution in [0, 0.1) is 0 Å². The Morgan fingerprint density at radius 1 is 1.15 bits per heavy atom. The number of hydrogen-bond acceptors (Lipinski definition) is 2. The summed E-state index contributed by atoms with van der Waals surface area (Å²) in [5.41, 5.74) is 2.19. The Balaban J connectivity index is 1.92. The van der Waals surface area contributed by atoms with E-state index in [9.17, 15) is 5.11 Å². The van der Waals surface area contributed by atoms with Crippen LogP contribution in [0.4, 0.5) is 5.69 Å². The van der Waals surface area contributed by atoms with Gasteiger partial charge in [-0.15, -0.1) is 0 Å². The molecule has 0 saturated heterocycles. The summed E-state index contributed by atoms with van der Waals surface area (Å²) >= 11 is 6.24. The van der Waals surface area contributed by atoms with Crippen LogP contribution < -0.4 is 5.32 Å². The summed E-state index contributed by atoms with van der Waals surface area (Å²) < 4.78 is 0. The molecule has 1 aliphatic rings. The number of halogens is 1. The van der Waals surface area contributed by atoms with Crippen molar-refractivity contribution in [3.8, 4) is 0 Å². The highest BCUT2D eigenvalue weighted by molar-refractivity contribution is 6.31. The fourth-order valence-electron chi connectivity index (χ4n) is 2.92. The molecule has 104 valence electrons. The van der Waals surface area contributed by atoms with Gasteiger partial charge in [0.25, 0.3) is 0 Å². The number of para-hydroxylation sites is 1. The van der Waals surface area contributed by atoms with Crippen molar-refractivity contribution in [2.75, 3.05) is 5.32 Å². The molecule has 0 aromatic heterocycles. The van der Waals surface area contributed by atoms with Gasteiger partial charge >= 0.3 is 0 Å². The van der Waals surface area contributed by atoms with Crippen LogP contribution in [0.15, 0.2) is 48.5 Å². The number of aryl methyl sites for hydroxylation is 1. The summed E-state index contributed by atoms with van der Waals surface area (Å²) in [7, 11) is 0. The molecule has 0 amide bonds. The predicted octanol–water partition coefficient (Wildman–Crippen LogP) is 3.97. The van der Waals surface area contributed by atoms with Crippen molar-refractivity contribution in [2.45, 2.75) is 31.4 Å². The highest BCUT2D eigenvalue weighted by Crippen LogP contribution is 2.37. The third kappa shape index (κ3) is 2.30. The SMILES string of the molecule is CC(O)(c1ccccc1Cl)C1CCc2ccccc2N1. The number of hydrogen-bond donors (Lipinski definition) is 2. The van der Waals surface area contributed by atoms with Gasteiger partial charge in [-0.3, -0.25) is 0 Å². The van der Waals surface area contributed by atoms with Crippen LogP contribution in [0.1, 0.15) is 24.5 Å². The molecule has 3 heteroatoms. The lowest BCUT2D eigenvalue weighted by atomic mass is 9.82. The van der Waals surface area contributed by atoms with E-state index in [1.807, 2.05) is 43.3 Å². The van der Waals surface area contributed by atoms with Gasteiger partial charge in [0.2, 0.25) is 0 Å². The number of benzene rings is 2. The first-order chi connectivity index (χ1) is 9.59. The van der Waals surface area contributed by atoms with E-state index >= 15 is 0 Å². The Hall–Kier alpha value is -1.51. The lowest BCUT2D eigenvalue weighted by Gasteiger charge is -2.38. The van der Waals surface area contributed by atoms with Crippen molar-refractivity contribution in [1.29, 1.82) is 0 Å². The normalized spacial score (nSPS) is 20.6. The number of nitrogens with one attached hydrogen (secondary N) is 1. The van der Waals surface area contributed by atoms with E-state index in [0.29, 0.717) is 5.02 Å². The molecule has 20 heavy (non-hydrogen) atoms. The molecule has 0 bridgehead atoms. The third-order valence-corrected chi connectivity index (χ3v) is 4.48. The van der Waals surface area contributed by atoms with E-state index in [4.69, 9.17) is 11.6 Å². The molecular weight excluding hydrogens is 270 g/mol. The van der Waals surface area contributed by atoms with Crippen molar-refractivity contribution in [3.05, 3.63) is 64.7 Å². The maximum absolute atomic E-state index is 11.0. The second-order valence-corrected chi connectivity index (χ2v) is 5.93. The van der Waals surface area contributed by atoms with Crippen LogP contribution in [0.5, 0.6) is 0 Å². The molecule has 3 rings (SSSR count). The smallest absolute Gasteiger partial charge is 0.108 e. The molecule has 1 aliphatic heterocycles. The summed E-state index contributed by atoms with van der Waals surface area (Å²) in [5, 5.41) is 15.0. The molecule has 2 aromatic rings.